The normalized spacial score (nSPS) is 13.4. The number of anilines is 1. The third kappa shape index (κ3) is 2.99. The number of nitrogens with two attached hydrogens (primary N) is 1. The standard InChI is InChI=1S/C15H21N3O2/c1-5-12-18-10-8-9(6-7-11(10)20-12)17-14(19)13(16)15(2,3)4/h6-8,13H,5,16H2,1-4H3,(H,17,19)/t13-/m1/s1. The Morgan fingerprint density at radius 1 is 1.45 bits per heavy atom. The van der Waals surface area contributed by atoms with E-state index in [-0.39, 0.29) is 11.3 Å². The van der Waals surface area contributed by atoms with Crippen molar-refractivity contribution in [3.8, 4) is 0 Å². The summed E-state index contributed by atoms with van der Waals surface area (Å²) in [5.74, 6) is 0.492. The molecule has 0 aliphatic heterocycles. The number of aromatic nitrogens is 1. The summed E-state index contributed by atoms with van der Waals surface area (Å²) in [6.45, 7) is 7.79. The number of nitrogens with zero attached hydrogens (tertiary/aromatic N) is 1. The third-order valence-corrected chi connectivity index (χ3v) is 3.22. The van der Waals surface area contributed by atoms with Gasteiger partial charge in [0.15, 0.2) is 11.5 Å². The van der Waals surface area contributed by atoms with Crippen LogP contribution in [0.4, 0.5) is 5.69 Å². The van der Waals surface area contributed by atoms with Crippen LogP contribution in [-0.4, -0.2) is 16.9 Å². The van der Waals surface area contributed by atoms with E-state index in [0.717, 1.165) is 17.5 Å². The SMILES string of the molecule is CCc1nc2cc(NC(=O)[C@@H](N)C(C)(C)C)ccc2o1. The van der Waals surface area contributed by atoms with Gasteiger partial charge < -0.3 is 15.5 Å². The second-order valence-electron chi connectivity index (χ2n) is 5.98. The minimum atomic E-state index is -0.568. The van der Waals surface area contributed by atoms with Crippen molar-refractivity contribution in [3.05, 3.63) is 24.1 Å². The summed E-state index contributed by atoms with van der Waals surface area (Å²) in [7, 11) is 0. The minimum absolute atomic E-state index is 0.198. The fourth-order valence-corrected chi connectivity index (χ4v) is 1.82. The van der Waals surface area contributed by atoms with Gasteiger partial charge in [-0.05, 0) is 23.6 Å². The topological polar surface area (TPSA) is 81.2 Å². The summed E-state index contributed by atoms with van der Waals surface area (Å²) in [4.78, 5) is 16.4. The highest BCUT2D eigenvalue weighted by molar-refractivity contribution is 5.96. The van der Waals surface area contributed by atoms with Crippen molar-refractivity contribution in [2.24, 2.45) is 11.1 Å². The maximum Gasteiger partial charge on any atom is 0.241 e. The first-order valence-electron chi connectivity index (χ1n) is 6.77. The van der Waals surface area contributed by atoms with Crippen molar-refractivity contribution >= 4 is 22.7 Å². The molecule has 0 unspecified atom stereocenters. The van der Waals surface area contributed by atoms with Gasteiger partial charge in [-0.15, -0.1) is 0 Å². The Morgan fingerprint density at radius 3 is 2.75 bits per heavy atom. The molecular formula is C15H21N3O2. The molecule has 0 bridgehead atoms. The summed E-state index contributed by atoms with van der Waals surface area (Å²) in [6, 6.07) is 4.83. The number of aryl methyl sites for hydroxylation is 1. The smallest absolute Gasteiger partial charge is 0.241 e. The van der Waals surface area contributed by atoms with E-state index in [1.54, 1.807) is 18.2 Å². The molecule has 0 radical (unpaired) electrons. The van der Waals surface area contributed by atoms with Crippen molar-refractivity contribution in [1.29, 1.82) is 0 Å². The van der Waals surface area contributed by atoms with Crippen LogP contribution in [0.1, 0.15) is 33.6 Å². The van der Waals surface area contributed by atoms with Gasteiger partial charge in [-0.3, -0.25) is 4.79 Å². The summed E-state index contributed by atoms with van der Waals surface area (Å²) >= 11 is 0. The molecule has 0 saturated carbocycles. The molecule has 1 atom stereocenters. The maximum atomic E-state index is 12.1. The molecule has 20 heavy (non-hydrogen) atoms. The molecular weight excluding hydrogens is 254 g/mol. The number of hydrogen-bond donors (Lipinski definition) is 2. The summed E-state index contributed by atoms with van der Waals surface area (Å²) < 4.78 is 5.53. The average molecular weight is 275 g/mol. The third-order valence-electron chi connectivity index (χ3n) is 3.22. The lowest BCUT2D eigenvalue weighted by Gasteiger charge is -2.25. The maximum absolute atomic E-state index is 12.1. The predicted molar refractivity (Wildman–Crippen MR) is 79.4 cm³/mol. The van der Waals surface area contributed by atoms with E-state index in [9.17, 15) is 4.79 Å². The van der Waals surface area contributed by atoms with Gasteiger partial charge in [-0.1, -0.05) is 27.7 Å². The quantitative estimate of drug-likeness (QED) is 0.902. The van der Waals surface area contributed by atoms with Crippen LogP contribution < -0.4 is 11.1 Å². The Hall–Kier alpha value is -1.88. The molecule has 1 aromatic carbocycles. The van der Waals surface area contributed by atoms with Crippen LogP contribution in [0.2, 0.25) is 0 Å². The Kier molecular flexibility index (Phi) is 3.81. The lowest BCUT2D eigenvalue weighted by molar-refractivity contribution is -0.119. The molecule has 108 valence electrons. The number of hydrogen-bond acceptors (Lipinski definition) is 4. The fraction of sp³-hybridized carbons (Fsp3) is 0.467. The van der Waals surface area contributed by atoms with Crippen LogP contribution in [0.3, 0.4) is 0 Å². The number of oxazole rings is 1. The van der Waals surface area contributed by atoms with Crippen LogP contribution in [0.15, 0.2) is 22.6 Å². The summed E-state index contributed by atoms with van der Waals surface area (Å²) in [6.07, 6.45) is 0.741. The van der Waals surface area contributed by atoms with Crippen LogP contribution in [0.25, 0.3) is 11.1 Å². The molecule has 5 nitrogen and oxygen atoms in total. The van der Waals surface area contributed by atoms with E-state index < -0.39 is 6.04 Å². The fourth-order valence-electron chi connectivity index (χ4n) is 1.82. The summed E-state index contributed by atoms with van der Waals surface area (Å²) in [5, 5.41) is 2.82. The molecule has 1 amide bonds. The Labute approximate surface area is 118 Å². The van der Waals surface area contributed by atoms with E-state index >= 15 is 0 Å². The Bertz CT molecular complexity index is 626. The lowest BCUT2D eigenvalue weighted by atomic mass is 9.87. The number of nitrogens with one attached hydrogen (secondary N) is 1. The molecule has 2 rings (SSSR count). The van der Waals surface area contributed by atoms with Gasteiger partial charge in [-0.25, -0.2) is 4.98 Å². The van der Waals surface area contributed by atoms with E-state index in [1.165, 1.54) is 0 Å². The van der Waals surface area contributed by atoms with Gasteiger partial charge in [0, 0.05) is 12.1 Å². The zero-order chi connectivity index (χ0) is 14.9. The van der Waals surface area contributed by atoms with E-state index in [0.29, 0.717) is 11.6 Å². The number of fused-ring (bicyclic) bond motifs is 1. The lowest BCUT2D eigenvalue weighted by Crippen LogP contribution is -2.45. The number of carbonyl (C=O) groups excluding carboxylic acids is 1. The number of amides is 1. The zero-order valence-electron chi connectivity index (χ0n) is 12.4. The zero-order valence-corrected chi connectivity index (χ0v) is 12.4. The summed E-state index contributed by atoms with van der Waals surface area (Å²) in [5.41, 5.74) is 7.79. The molecule has 0 aliphatic rings. The van der Waals surface area contributed by atoms with Gasteiger partial charge in [0.2, 0.25) is 5.91 Å². The van der Waals surface area contributed by atoms with E-state index in [1.807, 2.05) is 27.7 Å². The second-order valence-corrected chi connectivity index (χ2v) is 5.98. The van der Waals surface area contributed by atoms with Crippen LogP contribution in [0.5, 0.6) is 0 Å². The van der Waals surface area contributed by atoms with E-state index in [4.69, 9.17) is 10.2 Å². The Morgan fingerprint density at radius 2 is 2.15 bits per heavy atom. The molecule has 0 aliphatic carbocycles. The van der Waals surface area contributed by atoms with Gasteiger partial charge in [0.25, 0.3) is 0 Å². The van der Waals surface area contributed by atoms with Crippen molar-refractivity contribution in [3.63, 3.8) is 0 Å². The first kappa shape index (κ1) is 14.5. The van der Waals surface area contributed by atoms with Crippen molar-refractivity contribution < 1.29 is 9.21 Å². The molecule has 1 aromatic heterocycles. The highest BCUT2D eigenvalue weighted by Crippen LogP contribution is 2.22. The highest BCUT2D eigenvalue weighted by atomic mass is 16.3. The van der Waals surface area contributed by atoms with Gasteiger partial charge in [0.1, 0.15) is 5.52 Å². The first-order chi connectivity index (χ1) is 9.31. The van der Waals surface area contributed by atoms with Gasteiger partial charge >= 0.3 is 0 Å². The van der Waals surface area contributed by atoms with Crippen molar-refractivity contribution in [1.82, 2.24) is 4.98 Å². The molecule has 0 fully saturated rings. The van der Waals surface area contributed by atoms with Crippen molar-refractivity contribution in [2.45, 2.75) is 40.2 Å². The highest BCUT2D eigenvalue weighted by Gasteiger charge is 2.27. The van der Waals surface area contributed by atoms with Gasteiger partial charge in [0.05, 0.1) is 6.04 Å². The number of rotatable bonds is 3. The molecule has 2 aromatic rings. The number of carbonyl (C=O) groups is 1. The second kappa shape index (κ2) is 5.25. The molecule has 1 heterocycles. The van der Waals surface area contributed by atoms with Crippen LogP contribution >= 0.6 is 0 Å². The van der Waals surface area contributed by atoms with Crippen LogP contribution in [-0.2, 0) is 11.2 Å². The average Bonchev–Trinajstić information content (AvgIpc) is 2.78. The predicted octanol–water partition coefficient (Wildman–Crippen LogP) is 2.70. The monoisotopic (exact) mass is 275 g/mol. The molecule has 5 heteroatoms. The largest absolute Gasteiger partial charge is 0.441 e. The number of benzene rings is 1. The Balaban J connectivity index is 2.19. The minimum Gasteiger partial charge on any atom is -0.441 e. The van der Waals surface area contributed by atoms with Gasteiger partial charge in [-0.2, -0.15) is 0 Å². The van der Waals surface area contributed by atoms with Crippen molar-refractivity contribution in [2.75, 3.05) is 5.32 Å². The molecule has 0 spiro atoms. The molecule has 0 saturated heterocycles. The first-order valence-corrected chi connectivity index (χ1v) is 6.77. The van der Waals surface area contributed by atoms with E-state index in [2.05, 4.69) is 10.3 Å². The molecule has 3 N–H and O–H groups in total. The van der Waals surface area contributed by atoms with Crippen LogP contribution in [0, 0.1) is 5.41 Å².